The van der Waals surface area contributed by atoms with E-state index >= 15 is 0 Å². The van der Waals surface area contributed by atoms with E-state index in [0.717, 1.165) is 31.5 Å². The summed E-state index contributed by atoms with van der Waals surface area (Å²) in [6, 6.07) is 1.85. The molecule has 1 aliphatic rings. The number of nitrogens with zero attached hydrogens (tertiary/aromatic N) is 1. The quantitative estimate of drug-likeness (QED) is 0.819. The molecule has 0 aliphatic heterocycles. The molecule has 1 aromatic heterocycles. The Morgan fingerprint density at radius 2 is 2.29 bits per heavy atom. The van der Waals surface area contributed by atoms with Gasteiger partial charge in [0.1, 0.15) is 0 Å². The third kappa shape index (κ3) is 2.96. The molecule has 0 spiro atoms. The van der Waals surface area contributed by atoms with Crippen LogP contribution in [0.3, 0.4) is 0 Å². The summed E-state index contributed by atoms with van der Waals surface area (Å²) in [5, 5.41) is 6.29. The molecule has 1 aromatic rings. The van der Waals surface area contributed by atoms with Gasteiger partial charge in [0, 0.05) is 24.5 Å². The Kier molecular flexibility index (Phi) is 3.31. The van der Waals surface area contributed by atoms with Crippen LogP contribution in [0, 0.1) is 0 Å². The zero-order valence-corrected chi connectivity index (χ0v) is 10.4. The number of hydrogen-bond acceptors (Lipinski definition) is 3. The van der Waals surface area contributed by atoms with Gasteiger partial charge >= 0.3 is 0 Å². The number of amides is 1. The Morgan fingerprint density at radius 3 is 2.94 bits per heavy atom. The van der Waals surface area contributed by atoms with E-state index in [1.54, 1.807) is 12.4 Å². The maximum absolute atomic E-state index is 12.1. The first-order valence-electron chi connectivity index (χ1n) is 6.15. The fraction of sp³-hybridized carbons (Fsp3) is 0.538. The summed E-state index contributed by atoms with van der Waals surface area (Å²) in [6.45, 7) is 5.03. The zero-order chi connectivity index (χ0) is 12.3. The lowest BCUT2D eigenvalue weighted by molar-refractivity contribution is 0.0936. The predicted octanol–water partition coefficient (Wildman–Crippen LogP) is 2.19. The van der Waals surface area contributed by atoms with E-state index in [2.05, 4.69) is 29.5 Å². The van der Waals surface area contributed by atoms with Crippen molar-refractivity contribution in [3.63, 3.8) is 0 Å². The lowest BCUT2D eigenvalue weighted by atomic mass is 10.2. The third-order valence-corrected chi connectivity index (χ3v) is 3.05. The molecule has 0 saturated heterocycles. The second-order valence-corrected chi connectivity index (χ2v) is 4.86. The summed E-state index contributed by atoms with van der Waals surface area (Å²) < 4.78 is 0. The first-order valence-corrected chi connectivity index (χ1v) is 6.15. The number of aromatic nitrogens is 1. The van der Waals surface area contributed by atoms with Gasteiger partial charge < -0.3 is 10.6 Å². The van der Waals surface area contributed by atoms with Gasteiger partial charge in [-0.15, -0.1) is 0 Å². The lowest BCUT2D eigenvalue weighted by Gasteiger charge is -2.14. The van der Waals surface area contributed by atoms with Crippen molar-refractivity contribution < 1.29 is 4.79 Å². The summed E-state index contributed by atoms with van der Waals surface area (Å²) in [7, 11) is 0. The number of anilines is 1. The van der Waals surface area contributed by atoms with Crippen LogP contribution in [-0.2, 0) is 0 Å². The van der Waals surface area contributed by atoms with Crippen molar-refractivity contribution in [3.8, 4) is 0 Å². The van der Waals surface area contributed by atoms with Crippen LogP contribution in [0.15, 0.2) is 18.5 Å². The molecule has 4 heteroatoms. The van der Waals surface area contributed by atoms with E-state index in [0.29, 0.717) is 5.56 Å². The fourth-order valence-electron chi connectivity index (χ4n) is 1.64. The first kappa shape index (κ1) is 11.9. The summed E-state index contributed by atoms with van der Waals surface area (Å²) in [4.78, 5) is 16.1. The van der Waals surface area contributed by atoms with E-state index in [1.807, 2.05) is 6.07 Å². The van der Waals surface area contributed by atoms with Crippen molar-refractivity contribution in [1.82, 2.24) is 10.3 Å². The number of carbonyl (C=O) groups excluding carboxylic acids is 1. The molecule has 0 radical (unpaired) electrons. The number of hydrogen-bond donors (Lipinski definition) is 2. The Hall–Kier alpha value is -1.58. The van der Waals surface area contributed by atoms with Gasteiger partial charge in [0.2, 0.25) is 0 Å². The smallest absolute Gasteiger partial charge is 0.255 e. The molecule has 2 rings (SSSR count). The van der Waals surface area contributed by atoms with Crippen LogP contribution in [0.2, 0.25) is 0 Å². The largest absolute Gasteiger partial charge is 0.384 e. The maximum Gasteiger partial charge on any atom is 0.255 e. The van der Waals surface area contributed by atoms with E-state index in [4.69, 9.17) is 0 Å². The van der Waals surface area contributed by atoms with Crippen LogP contribution in [0.4, 0.5) is 5.69 Å². The molecule has 1 saturated carbocycles. The standard InChI is InChI=1S/C13H19N3O/c1-3-7-15-11-4-8-14-9-10(11)12(17)16-13(2)5-6-13/h4,8-9H,3,5-7H2,1-2H3,(H,14,15)(H,16,17). The molecular formula is C13H19N3O. The highest BCUT2D eigenvalue weighted by molar-refractivity contribution is 5.99. The average Bonchev–Trinajstić information content (AvgIpc) is 3.04. The summed E-state index contributed by atoms with van der Waals surface area (Å²) in [5.41, 5.74) is 1.51. The first-order chi connectivity index (χ1) is 8.14. The van der Waals surface area contributed by atoms with Gasteiger partial charge in [-0.25, -0.2) is 0 Å². The molecule has 92 valence electrons. The van der Waals surface area contributed by atoms with Gasteiger partial charge in [0.15, 0.2) is 0 Å². The van der Waals surface area contributed by atoms with Gasteiger partial charge in [0.05, 0.1) is 11.3 Å². The normalized spacial score (nSPS) is 16.4. The van der Waals surface area contributed by atoms with E-state index < -0.39 is 0 Å². The molecule has 0 unspecified atom stereocenters. The molecule has 1 heterocycles. The van der Waals surface area contributed by atoms with Crippen LogP contribution >= 0.6 is 0 Å². The van der Waals surface area contributed by atoms with Crippen LogP contribution < -0.4 is 10.6 Å². The van der Waals surface area contributed by atoms with Gasteiger partial charge in [-0.1, -0.05) is 6.92 Å². The average molecular weight is 233 g/mol. The monoisotopic (exact) mass is 233 g/mol. The van der Waals surface area contributed by atoms with Gasteiger partial charge in [-0.2, -0.15) is 0 Å². The number of carbonyl (C=O) groups is 1. The number of rotatable bonds is 5. The topological polar surface area (TPSA) is 54.0 Å². The maximum atomic E-state index is 12.1. The molecule has 1 aliphatic carbocycles. The third-order valence-electron chi connectivity index (χ3n) is 3.05. The number of pyridine rings is 1. The van der Waals surface area contributed by atoms with E-state index in [1.165, 1.54) is 0 Å². The molecule has 17 heavy (non-hydrogen) atoms. The van der Waals surface area contributed by atoms with Crippen LogP contribution in [-0.4, -0.2) is 23.0 Å². The van der Waals surface area contributed by atoms with E-state index in [-0.39, 0.29) is 11.4 Å². The molecular weight excluding hydrogens is 214 g/mol. The molecule has 1 fully saturated rings. The van der Waals surface area contributed by atoms with Crippen molar-refractivity contribution in [2.75, 3.05) is 11.9 Å². The summed E-state index contributed by atoms with van der Waals surface area (Å²) >= 11 is 0. The number of nitrogens with one attached hydrogen (secondary N) is 2. The molecule has 0 bridgehead atoms. The highest BCUT2D eigenvalue weighted by atomic mass is 16.1. The molecule has 2 N–H and O–H groups in total. The van der Waals surface area contributed by atoms with E-state index in [9.17, 15) is 4.79 Å². The lowest BCUT2D eigenvalue weighted by Crippen LogP contribution is -2.34. The zero-order valence-electron chi connectivity index (χ0n) is 10.4. The second-order valence-electron chi connectivity index (χ2n) is 4.86. The highest BCUT2D eigenvalue weighted by Crippen LogP contribution is 2.34. The van der Waals surface area contributed by atoms with Gasteiger partial charge in [-0.05, 0) is 32.3 Å². The Morgan fingerprint density at radius 1 is 1.53 bits per heavy atom. The molecule has 0 aromatic carbocycles. The Labute approximate surface area is 102 Å². The van der Waals surface area contributed by atoms with Crippen LogP contribution in [0.1, 0.15) is 43.5 Å². The summed E-state index contributed by atoms with van der Waals surface area (Å²) in [6.07, 6.45) is 6.49. The highest BCUT2D eigenvalue weighted by Gasteiger charge is 2.39. The van der Waals surface area contributed by atoms with Crippen molar-refractivity contribution in [2.24, 2.45) is 0 Å². The SMILES string of the molecule is CCCNc1ccncc1C(=O)NC1(C)CC1. The van der Waals surface area contributed by atoms with Crippen molar-refractivity contribution >= 4 is 11.6 Å². The molecule has 0 atom stereocenters. The van der Waals surface area contributed by atoms with Gasteiger partial charge in [-0.3, -0.25) is 9.78 Å². The minimum Gasteiger partial charge on any atom is -0.384 e. The van der Waals surface area contributed by atoms with Gasteiger partial charge in [0.25, 0.3) is 5.91 Å². The fourth-order valence-corrected chi connectivity index (χ4v) is 1.64. The minimum atomic E-state index is -0.0308. The van der Waals surface area contributed by atoms with Crippen LogP contribution in [0.25, 0.3) is 0 Å². The van der Waals surface area contributed by atoms with Crippen molar-refractivity contribution in [1.29, 1.82) is 0 Å². The molecule has 4 nitrogen and oxygen atoms in total. The van der Waals surface area contributed by atoms with Crippen LogP contribution in [0.5, 0.6) is 0 Å². The summed E-state index contributed by atoms with van der Waals surface area (Å²) in [5.74, 6) is -0.0308. The van der Waals surface area contributed by atoms with Crippen molar-refractivity contribution in [2.45, 2.75) is 38.6 Å². The second kappa shape index (κ2) is 4.73. The van der Waals surface area contributed by atoms with Crippen molar-refractivity contribution in [3.05, 3.63) is 24.0 Å². The molecule has 1 amide bonds. The predicted molar refractivity (Wildman–Crippen MR) is 68.1 cm³/mol. The Balaban J connectivity index is 2.10. The minimum absolute atomic E-state index is 0.00888. The Bertz CT molecular complexity index is 413.